The smallest absolute Gasteiger partial charge is 0.178 e. The Labute approximate surface area is 144 Å². The molecule has 25 heavy (non-hydrogen) atoms. The Hall–Kier alpha value is -2.54. The topological polar surface area (TPSA) is 60.2 Å². The molecule has 0 amide bonds. The van der Waals surface area contributed by atoms with Crippen LogP contribution in [-0.4, -0.2) is 19.8 Å². The monoisotopic (exact) mass is 363 g/mol. The zero-order chi connectivity index (χ0) is 18.2. The Morgan fingerprint density at radius 1 is 1.08 bits per heavy atom. The lowest BCUT2D eigenvalue weighted by atomic mass is 9.99. The van der Waals surface area contributed by atoms with Crippen molar-refractivity contribution in [3.8, 4) is 22.4 Å². The Bertz CT molecular complexity index is 1020. The van der Waals surface area contributed by atoms with Crippen molar-refractivity contribution in [3.63, 3.8) is 0 Å². The molecule has 0 aliphatic rings. The largest absolute Gasteiger partial charge is 0.357 e. The van der Waals surface area contributed by atoms with Gasteiger partial charge in [-0.15, -0.1) is 0 Å². The maximum atomic E-state index is 14.2. The van der Waals surface area contributed by atoms with E-state index >= 15 is 0 Å². The highest BCUT2D eigenvalue weighted by atomic mass is 32.2. The van der Waals surface area contributed by atoms with Crippen LogP contribution in [-0.2, 0) is 16.5 Å². The Morgan fingerprint density at radius 2 is 1.72 bits per heavy atom. The number of halogens is 2. The number of aromatic nitrogens is 1. The van der Waals surface area contributed by atoms with Gasteiger partial charge in [0.05, 0.1) is 5.56 Å². The lowest BCUT2D eigenvalue weighted by Crippen LogP contribution is -2.01. The minimum atomic E-state index is -3.69. The van der Waals surface area contributed by atoms with Gasteiger partial charge in [0, 0.05) is 11.8 Å². The Balaban J connectivity index is 2.18. The van der Waals surface area contributed by atoms with Gasteiger partial charge in [0.15, 0.2) is 22.3 Å². The number of sulfone groups is 1. The van der Waals surface area contributed by atoms with E-state index in [0.29, 0.717) is 22.4 Å². The molecule has 4 nitrogen and oxygen atoms in total. The SMILES string of the molecule is Cc1ccc(-c2noc(CF)c2-c2ccc(S(C)(=O)=O)c(F)c2)cc1. The van der Waals surface area contributed by atoms with Crippen molar-refractivity contribution in [1.29, 1.82) is 0 Å². The number of alkyl halides is 1. The summed E-state index contributed by atoms with van der Waals surface area (Å²) in [6, 6.07) is 11.0. The van der Waals surface area contributed by atoms with E-state index in [1.807, 2.05) is 19.1 Å². The lowest BCUT2D eigenvalue weighted by Gasteiger charge is -2.07. The first kappa shape index (κ1) is 17.3. The summed E-state index contributed by atoms with van der Waals surface area (Å²) >= 11 is 0. The summed E-state index contributed by atoms with van der Waals surface area (Å²) in [6.45, 7) is 1.02. The molecule has 3 aromatic rings. The summed E-state index contributed by atoms with van der Waals surface area (Å²) in [6.07, 6.45) is 0.926. The fourth-order valence-electron chi connectivity index (χ4n) is 2.58. The number of hydrogen-bond donors (Lipinski definition) is 0. The van der Waals surface area contributed by atoms with E-state index in [1.54, 1.807) is 12.1 Å². The van der Waals surface area contributed by atoms with Crippen molar-refractivity contribution < 1.29 is 21.7 Å². The van der Waals surface area contributed by atoms with Gasteiger partial charge in [0.25, 0.3) is 0 Å². The van der Waals surface area contributed by atoms with Crippen LogP contribution in [0.4, 0.5) is 8.78 Å². The summed E-state index contributed by atoms with van der Waals surface area (Å²) in [5, 5.41) is 3.91. The molecule has 0 radical (unpaired) electrons. The predicted molar refractivity (Wildman–Crippen MR) is 90.0 cm³/mol. The molecule has 2 aromatic carbocycles. The quantitative estimate of drug-likeness (QED) is 0.692. The molecule has 0 aliphatic carbocycles. The molecule has 0 saturated carbocycles. The second-order valence-corrected chi connectivity index (χ2v) is 7.73. The maximum absolute atomic E-state index is 14.2. The molecular weight excluding hydrogens is 348 g/mol. The summed E-state index contributed by atoms with van der Waals surface area (Å²) in [5.74, 6) is -0.942. The molecule has 130 valence electrons. The molecule has 0 N–H and O–H groups in total. The predicted octanol–water partition coefficient (Wildman–Crippen LogP) is 4.33. The lowest BCUT2D eigenvalue weighted by molar-refractivity contribution is 0.332. The van der Waals surface area contributed by atoms with Gasteiger partial charge < -0.3 is 4.52 Å². The minimum absolute atomic E-state index is 0.0397. The first-order valence-electron chi connectivity index (χ1n) is 7.43. The third-order valence-electron chi connectivity index (χ3n) is 3.83. The molecule has 0 aliphatic heterocycles. The number of aryl methyl sites for hydroxylation is 1. The van der Waals surface area contributed by atoms with Gasteiger partial charge in [0.1, 0.15) is 16.4 Å². The molecule has 3 rings (SSSR count). The number of rotatable bonds is 4. The molecule has 1 aromatic heterocycles. The third kappa shape index (κ3) is 3.32. The molecule has 0 bridgehead atoms. The van der Waals surface area contributed by atoms with Gasteiger partial charge in [-0.3, -0.25) is 0 Å². The van der Waals surface area contributed by atoms with Gasteiger partial charge in [0.2, 0.25) is 0 Å². The van der Waals surface area contributed by atoms with Crippen LogP contribution in [0.15, 0.2) is 51.9 Å². The highest BCUT2D eigenvalue weighted by molar-refractivity contribution is 7.90. The highest BCUT2D eigenvalue weighted by Crippen LogP contribution is 2.36. The standard InChI is InChI=1S/C18H15F2NO3S/c1-11-3-5-12(6-4-11)18-17(15(10-19)24-21-18)13-7-8-16(14(20)9-13)25(2,22)23/h3-9H,10H2,1-2H3. The van der Waals surface area contributed by atoms with Crippen molar-refractivity contribution in [2.75, 3.05) is 6.26 Å². The molecule has 1 heterocycles. The average Bonchev–Trinajstić information content (AvgIpc) is 2.98. The normalized spacial score (nSPS) is 11.7. The van der Waals surface area contributed by atoms with E-state index in [9.17, 15) is 17.2 Å². The molecule has 0 fully saturated rings. The van der Waals surface area contributed by atoms with Crippen LogP contribution in [0.2, 0.25) is 0 Å². The summed E-state index contributed by atoms with van der Waals surface area (Å²) in [4.78, 5) is -0.411. The second kappa shape index (κ2) is 6.40. The van der Waals surface area contributed by atoms with Crippen molar-refractivity contribution in [1.82, 2.24) is 5.16 Å². The van der Waals surface area contributed by atoms with Gasteiger partial charge in [-0.05, 0) is 24.6 Å². The van der Waals surface area contributed by atoms with Crippen LogP contribution in [0.25, 0.3) is 22.4 Å². The summed E-state index contributed by atoms with van der Waals surface area (Å²) in [5.41, 5.74) is 2.72. The number of benzene rings is 2. The highest BCUT2D eigenvalue weighted by Gasteiger charge is 2.22. The minimum Gasteiger partial charge on any atom is -0.357 e. The summed E-state index contributed by atoms with van der Waals surface area (Å²) < 4.78 is 55.7. The van der Waals surface area contributed by atoms with Crippen molar-refractivity contribution in [3.05, 3.63) is 59.6 Å². The average molecular weight is 363 g/mol. The van der Waals surface area contributed by atoms with E-state index in [-0.39, 0.29) is 5.76 Å². The van der Waals surface area contributed by atoms with E-state index in [1.165, 1.54) is 6.07 Å². The van der Waals surface area contributed by atoms with Gasteiger partial charge in [-0.1, -0.05) is 41.1 Å². The van der Waals surface area contributed by atoms with Gasteiger partial charge in [-0.25, -0.2) is 17.2 Å². The Morgan fingerprint density at radius 3 is 2.28 bits per heavy atom. The molecule has 0 atom stereocenters. The van der Waals surface area contributed by atoms with Crippen LogP contribution < -0.4 is 0 Å². The Kier molecular flexibility index (Phi) is 4.43. The van der Waals surface area contributed by atoms with Crippen molar-refractivity contribution >= 4 is 9.84 Å². The first-order valence-corrected chi connectivity index (χ1v) is 9.32. The van der Waals surface area contributed by atoms with Gasteiger partial charge in [-0.2, -0.15) is 0 Å². The zero-order valence-corrected chi connectivity index (χ0v) is 14.4. The van der Waals surface area contributed by atoms with E-state index in [4.69, 9.17) is 4.52 Å². The van der Waals surface area contributed by atoms with Crippen molar-refractivity contribution in [2.24, 2.45) is 0 Å². The fraction of sp³-hybridized carbons (Fsp3) is 0.167. The fourth-order valence-corrected chi connectivity index (χ4v) is 3.31. The van der Waals surface area contributed by atoms with Crippen LogP contribution in [0.5, 0.6) is 0 Å². The van der Waals surface area contributed by atoms with Crippen LogP contribution in [0.1, 0.15) is 11.3 Å². The molecule has 0 unspecified atom stereocenters. The van der Waals surface area contributed by atoms with Crippen molar-refractivity contribution in [2.45, 2.75) is 18.5 Å². The second-order valence-electron chi connectivity index (χ2n) is 5.75. The van der Waals surface area contributed by atoms with Gasteiger partial charge >= 0.3 is 0 Å². The first-order chi connectivity index (χ1) is 11.8. The number of nitrogens with zero attached hydrogens (tertiary/aromatic N) is 1. The van der Waals surface area contributed by atoms with E-state index < -0.39 is 27.2 Å². The maximum Gasteiger partial charge on any atom is 0.178 e. The van der Waals surface area contributed by atoms with Crippen LogP contribution in [0, 0.1) is 12.7 Å². The van der Waals surface area contributed by atoms with E-state index in [2.05, 4.69) is 5.16 Å². The molecule has 7 heteroatoms. The molecular formula is C18H15F2NO3S. The molecule has 0 saturated heterocycles. The van der Waals surface area contributed by atoms with Crippen LogP contribution in [0.3, 0.4) is 0 Å². The molecule has 0 spiro atoms. The van der Waals surface area contributed by atoms with E-state index in [0.717, 1.165) is 24.0 Å². The zero-order valence-electron chi connectivity index (χ0n) is 13.6. The third-order valence-corrected chi connectivity index (χ3v) is 4.96. The van der Waals surface area contributed by atoms with Crippen LogP contribution >= 0.6 is 0 Å². The number of hydrogen-bond acceptors (Lipinski definition) is 4. The summed E-state index contributed by atoms with van der Waals surface area (Å²) in [7, 11) is -3.69.